The fraction of sp³-hybridized carbons (Fsp3) is 0.533. The second kappa shape index (κ2) is 6.01. The minimum absolute atomic E-state index is 0.167. The molecule has 0 saturated heterocycles. The number of hydrogen-bond acceptors (Lipinski definition) is 3. The van der Waals surface area contributed by atoms with E-state index in [4.69, 9.17) is 4.74 Å². The molecule has 0 fully saturated rings. The van der Waals surface area contributed by atoms with Crippen molar-refractivity contribution in [1.29, 1.82) is 0 Å². The van der Waals surface area contributed by atoms with Gasteiger partial charge in [0.15, 0.2) is 0 Å². The van der Waals surface area contributed by atoms with E-state index >= 15 is 0 Å². The Bertz CT molecular complexity index is 413. The molecule has 0 aliphatic carbocycles. The van der Waals surface area contributed by atoms with Crippen molar-refractivity contribution < 1.29 is 9.53 Å². The van der Waals surface area contributed by atoms with Crippen LogP contribution in [0.3, 0.4) is 0 Å². The Morgan fingerprint density at radius 2 is 1.94 bits per heavy atom. The van der Waals surface area contributed by atoms with Crippen molar-refractivity contribution >= 4 is 5.97 Å². The van der Waals surface area contributed by atoms with Gasteiger partial charge in [0, 0.05) is 13.1 Å². The first kappa shape index (κ1) is 14.7. The number of ether oxygens (including phenoxy) is 1. The zero-order valence-electron chi connectivity index (χ0n) is 12.0. The van der Waals surface area contributed by atoms with Crippen LogP contribution in [0.5, 0.6) is 0 Å². The zero-order valence-corrected chi connectivity index (χ0v) is 12.0. The van der Waals surface area contributed by atoms with Gasteiger partial charge in [-0.1, -0.05) is 24.3 Å². The smallest absolute Gasteiger partial charge is 0.312 e. The van der Waals surface area contributed by atoms with Crippen molar-refractivity contribution in [3.05, 3.63) is 35.4 Å². The largest absolute Gasteiger partial charge is 0.469 e. The molecule has 0 heterocycles. The van der Waals surface area contributed by atoms with Crippen LogP contribution < -0.4 is 0 Å². The average molecular weight is 249 g/mol. The highest BCUT2D eigenvalue weighted by Gasteiger charge is 2.30. The van der Waals surface area contributed by atoms with Gasteiger partial charge < -0.3 is 9.64 Å². The van der Waals surface area contributed by atoms with E-state index in [9.17, 15) is 4.79 Å². The molecule has 0 spiro atoms. The van der Waals surface area contributed by atoms with Crippen LogP contribution in [0.15, 0.2) is 24.3 Å². The molecule has 1 rings (SSSR count). The van der Waals surface area contributed by atoms with Crippen molar-refractivity contribution in [2.75, 3.05) is 20.7 Å². The number of aryl methyl sites for hydroxylation is 1. The molecule has 0 unspecified atom stereocenters. The van der Waals surface area contributed by atoms with Crippen molar-refractivity contribution in [2.24, 2.45) is 5.41 Å². The predicted octanol–water partition coefficient (Wildman–Crippen LogP) is 2.63. The lowest BCUT2D eigenvalue weighted by Gasteiger charge is -2.28. The van der Waals surface area contributed by atoms with Gasteiger partial charge in [-0.15, -0.1) is 0 Å². The molecule has 0 radical (unpaired) electrons. The summed E-state index contributed by atoms with van der Waals surface area (Å²) in [5.74, 6) is -0.167. The summed E-state index contributed by atoms with van der Waals surface area (Å²) in [5, 5.41) is 0. The molecule has 3 nitrogen and oxygen atoms in total. The van der Waals surface area contributed by atoms with Gasteiger partial charge in [-0.25, -0.2) is 0 Å². The third kappa shape index (κ3) is 3.84. The van der Waals surface area contributed by atoms with Gasteiger partial charge in [0.1, 0.15) is 0 Å². The highest BCUT2D eigenvalue weighted by atomic mass is 16.5. The number of esters is 1. The van der Waals surface area contributed by atoms with Crippen LogP contribution in [-0.4, -0.2) is 31.6 Å². The van der Waals surface area contributed by atoms with E-state index in [1.54, 1.807) is 0 Å². The Morgan fingerprint density at radius 1 is 1.33 bits per heavy atom. The maximum atomic E-state index is 11.6. The number of carbonyl (C=O) groups excluding carboxylic acids is 1. The molecule has 0 aromatic heterocycles. The summed E-state index contributed by atoms with van der Waals surface area (Å²) in [6.45, 7) is 7.44. The highest BCUT2D eigenvalue weighted by molar-refractivity contribution is 5.76. The molecule has 0 atom stereocenters. The third-order valence-corrected chi connectivity index (χ3v) is 3.10. The first-order valence-corrected chi connectivity index (χ1v) is 6.18. The van der Waals surface area contributed by atoms with Crippen LogP contribution >= 0.6 is 0 Å². The molecule has 3 heteroatoms. The lowest BCUT2D eigenvalue weighted by Crippen LogP contribution is -2.37. The number of rotatable bonds is 5. The summed E-state index contributed by atoms with van der Waals surface area (Å²) in [6, 6.07) is 8.31. The van der Waals surface area contributed by atoms with Gasteiger partial charge >= 0.3 is 5.97 Å². The lowest BCUT2D eigenvalue weighted by molar-refractivity contribution is -0.151. The molecule has 0 aliphatic heterocycles. The molecular formula is C15H23NO2. The molecule has 100 valence electrons. The van der Waals surface area contributed by atoms with E-state index < -0.39 is 5.41 Å². The Hall–Kier alpha value is -1.35. The van der Waals surface area contributed by atoms with Gasteiger partial charge in [0.25, 0.3) is 0 Å². The molecule has 0 bridgehead atoms. The SMILES string of the molecule is COC(=O)C(C)(C)CN(C)Cc1ccccc1C. The number of hydrogen-bond donors (Lipinski definition) is 0. The Morgan fingerprint density at radius 3 is 2.50 bits per heavy atom. The zero-order chi connectivity index (χ0) is 13.8. The Labute approximate surface area is 110 Å². The van der Waals surface area contributed by atoms with Crippen LogP contribution in [0.2, 0.25) is 0 Å². The van der Waals surface area contributed by atoms with Crippen molar-refractivity contribution in [2.45, 2.75) is 27.3 Å². The van der Waals surface area contributed by atoms with E-state index in [0.717, 1.165) is 6.54 Å². The summed E-state index contributed by atoms with van der Waals surface area (Å²) in [6.07, 6.45) is 0. The second-order valence-electron chi connectivity index (χ2n) is 5.47. The van der Waals surface area contributed by atoms with Crippen molar-refractivity contribution in [1.82, 2.24) is 4.90 Å². The van der Waals surface area contributed by atoms with Gasteiger partial charge in [-0.3, -0.25) is 4.79 Å². The minimum atomic E-state index is -0.480. The normalized spacial score (nSPS) is 11.7. The summed E-state index contributed by atoms with van der Waals surface area (Å²) in [5.41, 5.74) is 2.09. The quantitative estimate of drug-likeness (QED) is 0.751. The molecule has 18 heavy (non-hydrogen) atoms. The van der Waals surface area contributed by atoms with Crippen LogP contribution in [-0.2, 0) is 16.1 Å². The summed E-state index contributed by atoms with van der Waals surface area (Å²) < 4.78 is 4.82. The van der Waals surface area contributed by atoms with Crippen molar-refractivity contribution in [3.63, 3.8) is 0 Å². The molecule has 0 amide bonds. The van der Waals surface area contributed by atoms with Crippen LogP contribution in [0.4, 0.5) is 0 Å². The number of carbonyl (C=O) groups is 1. The van der Waals surface area contributed by atoms with Crippen LogP contribution in [0.1, 0.15) is 25.0 Å². The maximum Gasteiger partial charge on any atom is 0.312 e. The van der Waals surface area contributed by atoms with Gasteiger partial charge in [0.05, 0.1) is 12.5 Å². The van der Waals surface area contributed by atoms with Gasteiger partial charge in [-0.05, 0) is 38.9 Å². The lowest BCUT2D eigenvalue weighted by atomic mass is 9.93. The summed E-state index contributed by atoms with van der Waals surface area (Å²) >= 11 is 0. The molecule has 0 aliphatic rings. The molecular weight excluding hydrogens is 226 g/mol. The Kier molecular flexibility index (Phi) is 4.91. The third-order valence-electron chi connectivity index (χ3n) is 3.10. The standard InChI is InChI=1S/C15H23NO2/c1-12-8-6-7-9-13(12)10-16(4)11-15(2,3)14(17)18-5/h6-9H,10-11H2,1-5H3. The van der Waals surface area contributed by atoms with E-state index in [1.807, 2.05) is 33.0 Å². The fourth-order valence-corrected chi connectivity index (χ4v) is 2.15. The average Bonchev–Trinajstić information content (AvgIpc) is 2.30. The van der Waals surface area contributed by atoms with Crippen LogP contribution in [0, 0.1) is 12.3 Å². The van der Waals surface area contributed by atoms with Gasteiger partial charge in [0.2, 0.25) is 0 Å². The van der Waals surface area contributed by atoms with Crippen molar-refractivity contribution in [3.8, 4) is 0 Å². The number of benzene rings is 1. The topological polar surface area (TPSA) is 29.5 Å². The monoisotopic (exact) mass is 249 g/mol. The van der Waals surface area contributed by atoms with E-state index in [2.05, 4.69) is 24.0 Å². The summed E-state index contributed by atoms with van der Waals surface area (Å²) in [7, 11) is 3.46. The second-order valence-corrected chi connectivity index (χ2v) is 5.47. The first-order valence-electron chi connectivity index (χ1n) is 6.18. The van der Waals surface area contributed by atoms with E-state index in [0.29, 0.717) is 6.54 Å². The summed E-state index contributed by atoms with van der Waals surface area (Å²) in [4.78, 5) is 13.8. The molecule has 1 aromatic rings. The number of nitrogens with zero attached hydrogens (tertiary/aromatic N) is 1. The van der Waals surface area contributed by atoms with Gasteiger partial charge in [-0.2, -0.15) is 0 Å². The predicted molar refractivity (Wildman–Crippen MR) is 73.3 cm³/mol. The number of methoxy groups -OCH3 is 1. The minimum Gasteiger partial charge on any atom is -0.469 e. The van der Waals surface area contributed by atoms with E-state index in [1.165, 1.54) is 18.2 Å². The van der Waals surface area contributed by atoms with Crippen LogP contribution in [0.25, 0.3) is 0 Å². The maximum absolute atomic E-state index is 11.6. The first-order chi connectivity index (χ1) is 8.36. The molecule has 0 saturated carbocycles. The molecule has 0 N–H and O–H groups in total. The highest BCUT2D eigenvalue weighted by Crippen LogP contribution is 2.20. The van der Waals surface area contributed by atoms with E-state index in [-0.39, 0.29) is 5.97 Å². The molecule has 1 aromatic carbocycles. The Balaban J connectivity index is 2.65. The fourth-order valence-electron chi connectivity index (χ4n) is 2.15.